The minimum atomic E-state index is -2.90. The molecule has 1 aromatic rings. The van der Waals surface area contributed by atoms with Crippen molar-refractivity contribution in [3.05, 3.63) is 36.4 Å². The van der Waals surface area contributed by atoms with Gasteiger partial charge in [-0.15, -0.1) is 0 Å². The Balaban J connectivity index is 2.60. The molecule has 17 heavy (non-hydrogen) atoms. The summed E-state index contributed by atoms with van der Waals surface area (Å²) in [4.78, 5) is 10.2. The lowest BCUT2D eigenvalue weighted by Crippen LogP contribution is -2.06. The molecule has 0 atom stereocenters. The van der Waals surface area contributed by atoms with E-state index in [4.69, 9.17) is 5.11 Å². The summed E-state index contributed by atoms with van der Waals surface area (Å²) in [6, 6.07) is 6.18. The largest absolute Gasteiger partial charge is 0.478 e. The van der Waals surface area contributed by atoms with Gasteiger partial charge in [-0.3, -0.25) is 0 Å². The number of hydrogen-bond donors (Lipinski definition) is 2. The molecule has 0 spiro atoms. The molecular formula is C11H11F2NO3. The van der Waals surface area contributed by atoms with Crippen LogP contribution in [-0.4, -0.2) is 24.2 Å². The van der Waals surface area contributed by atoms with Crippen molar-refractivity contribution in [3.8, 4) is 5.75 Å². The second-order valence-corrected chi connectivity index (χ2v) is 3.00. The Hall–Kier alpha value is -2.11. The minimum absolute atomic E-state index is 0.0197. The van der Waals surface area contributed by atoms with Crippen LogP contribution in [0, 0.1) is 0 Å². The van der Waals surface area contributed by atoms with E-state index in [9.17, 15) is 13.6 Å². The number of carboxylic acids is 1. The first-order valence-electron chi connectivity index (χ1n) is 4.77. The predicted molar refractivity (Wildman–Crippen MR) is 58.3 cm³/mol. The van der Waals surface area contributed by atoms with Gasteiger partial charge in [0.05, 0.1) is 5.69 Å². The lowest BCUT2D eigenvalue weighted by Gasteiger charge is -2.10. The lowest BCUT2D eigenvalue weighted by molar-refractivity contribution is -0.131. The number of para-hydroxylation sites is 2. The molecule has 0 amide bonds. The van der Waals surface area contributed by atoms with E-state index in [1.54, 1.807) is 18.2 Å². The highest BCUT2D eigenvalue weighted by molar-refractivity contribution is 5.79. The van der Waals surface area contributed by atoms with Crippen LogP contribution < -0.4 is 10.1 Å². The highest BCUT2D eigenvalue weighted by atomic mass is 19.3. The molecule has 4 nitrogen and oxygen atoms in total. The maximum atomic E-state index is 12.1. The first-order valence-corrected chi connectivity index (χ1v) is 4.77. The Labute approximate surface area is 96.5 Å². The molecule has 1 rings (SSSR count). The minimum Gasteiger partial charge on any atom is -0.478 e. The zero-order valence-corrected chi connectivity index (χ0v) is 8.77. The summed E-state index contributed by atoms with van der Waals surface area (Å²) in [6.45, 7) is -2.69. The van der Waals surface area contributed by atoms with Gasteiger partial charge in [-0.2, -0.15) is 8.78 Å². The molecule has 2 N–H and O–H groups in total. The highest BCUT2D eigenvalue weighted by Gasteiger charge is 2.07. The van der Waals surface area contributed by atoms with Gasteiger partial charge in [-0.1, -0.05) is 18.2 Å². The number of anilines is 1. The average Bonchev–Trinajstić information content (AvgIpc) is 2.25. The number of hydrogen-bond acceptors (Lipinski definition) is 3. The molecule has 6 heteroatoms. The summed E-state index contributed by atoms with van der Waals surface area (Å²) < 4.78 is 28.4. The second-order valence-electron chi connectivity index (χ2n) is 3.00. The molecule has 0 saturated carbocycles. The van der Waals surface area contributed by atoms with Gasteiger partial charge >= 0.3 is 12.6 Å². The number of alkyl halides is 2. The van der Waals surface area contributed by atoms with Crippen LogP contribution in [0.2, 0.25) is 0 Å². The van der Waals surface area contributed by atoms with E-state index in [-0.39, 0.29) is 12.3 Å². The first-order chi connectivity index (χ1) is 8.09. The van der Waals surface area contributed by atoms with Crippen LogP contribution in [0.1, 0.15) is 0 Å². The fraction of sp³-hybridized carbons (Fsp3) is 0.182. The topological polar surface area (TPSA) is 58.6 Å². The molecule has 0 radical (unpaired) electrons. The van der Waals surface area contributed by atoms with Crippen LogP contribution in [0.15, 0.2) is 36.4 Å². The van der Waals surface area contributed by atoms with Crippen molar-refractivity contribution >= 4 is 11.7 Å². The number of benzene rings is 1. The molecule has 1 aromatic carbocycles. The highest BCUT2D eigenvalue weighted by Crippen LogP contribution is 2.25. The van der Waals surface area contributed by atoms with Crippen molar-refractivity contribution < 1.29 is 23.4 Å². The maximum Gasteiger partial charge on any atom is 0.387 e. The van der Waals surface area contributed by atoms with Gasteiger partial charge < -0.3 is 15.2 Å². The summed E-state index contributed by atoms with van der Waals surface area (Å²) in [6.07, 6.45) is 2.32. The molecule has 92 valence electrons. The monoisotopic (exact) mass is 243 g/mol. The maximum absolute atomic E-state index is 12.1. The van der Waals surface area contributed by atoms with Crippen molar-refractivity contribution in [2.24, 2.45) is 0 Å². The summed E-state index contributed by atoms with van der Waals surface area (Å²) in [7, 11) is 0. The van der Waals surface area contributed by atoms with E-state index in [1.165, 1.54) is 12.1 Å². The molecule has 0 fully saturated rings. The van der Waals surface area contributed by atoms with Crippen LogP contribution >= 0.6 is 0 Å². The zero-order valence-electron chi connectivity index (χ0n) is 8.77. The van der Waals surface area contributed by atoms with Gasteiger partial charge in [-0.05, 0) is 12.1 Å². The summed E-state index contributed by atoms with van der Waals surface area (Å²) >= 11 is 0. The molecule has 0 saturated heterocycles. The number of halogens is 2. The van der Waals surface area contributed by atoms with Gasteiger partial charge in [0.1, 0.15) is 5.75 Å². The molecule has 0 unspecified atom stereocenters. The molecule has 0 aliphatic carbocycles. The molecule has 0 bridgehead atoms. The second kappa shape index (κ2) is 6.47. The average molecular weight is 243 g/mol. The van der Waals surface area contributed by atoms with Crippen LogP contribution in [0.5, 0.6) is 5.75 Å². The molecule has 0 aliphatic heterocycles. The smallest absolute Gasteiger partial charge is 0.387 e. The van der Waals surface area contributed by atoms with E-state index in [2.05, 4.69) is 10.1 Å². The zero-order chi connectivity index (χ0) is 12.7. The van der Waals surface area contributed by atoms with Crippen LogP contribution in [0.25, 0.3) is 0 Å². The molecular weight excluding hydrogens is 232 g/mol. The van der Waals surface area contributed by atoms with Gasteiger partial charge in [0.15, 0.2) is 0 Å². The third kappa shape index (κ3) is 4.96. The van der Waals surface area contributed by atoms with Crippen LogP contribution in [0.4, 0.5) is 14.5 Å². The van der Waals surface area contributed by atoms with Crippen molar-refractivity contribution in [2.45, 2.75) is 6.61 Å². The molecule has 0 heterocycles. The van der Waals surface area contributed by atoms with Gasteiger partial charge in [-0.25, -0.2) is 4.79 Å². The summed E-state index contributed by atoms with van der Waals surface area (Å²) in [5.41, 5.74) is 0.378. The summed E-state index contributed by atoms with van der Waals surface area (Å²) in [5.74, 6) is -1.05. The van der Waals surface area contributed by atoms with Crippen LogP contribution in [0.3, 0.4) is 0 Å². The fourth-order valence-corrected chi connectivity index (χ4v) is 1.14. The Bertz CT molecular complexity index is 407. The van der Waals surface area contributed by atoms with E-state index < -0.39 is 12.6 Å². The van der Waals surface area contributed by atoms with Gasteiger partial charge in [0, 0.05) is 12.6 Å². The quantitative estimate of drug-likeness (QED) is 0.753. The summed E-state index contributed by atoms with van der Waals surface area (Å²) in [5, 5.41) is 11.1. The van der Waals surface area contributed by atoms with Crippen molar-refractivity contribution in [1.29, 1.82) is 0 Å². The Morgan fingerprint density at radius 2 is 2.18 bits per heavy atom. The lowest BCUT2D eigenvalue weighted by atomic mass is 10.3. The third-order valence-corrected chi connectivity index (χ3v) is 1.77. The first kappa shape index (κ1) is 13.0. The number of carboxylic acid groups (broad SMARTS) is 1. The van der Waals surface area contributed by atoms with Gasteiger partial charge in [0.2, 0.25) is 0 Å². The predicted octanol–water partition coefficient (Wildman–Crippen LogP) is 2.34. The van der Waals surface area contributed by atoms with Crippen LogP contribution in [-0.2, 0) is 4.79 Å². The normalized spacial score (nSPS) is 10.8. The van der Waals surface area contributed by atoms with Crippen molar-refractivity contribution in [2.75, 3.05) is 11.9 Å². The Morgan fingerprint density at radius 1 is 1.47 bits per heavy atom. The molecule has 0 aromatic heterocycles. The van der Waals surface area contributed by atoms with E-state index in [0.717, 1.165) is 6.08 Å². The van der Waals surface area contributed by atoms with Crippen molar-refractivity contribution in [3.63, 3.8) is 0 Å². The van der Waals surface area contributed by atoms with E-state index in [0.29, 0.717) is 5.69 Å². The SMILES string of the molecule is O=C(O)/C=C/CNc1ccccc1OC(F)F. The Morgan fingerprint density at radius 3 is 2.82 bits per heavy atom. The standard InChI is InChI=1S/C11H11F2NO3/c12-11(13)17-9-5-2-1-4-8(9)14-7-3-6-10(15)16/h1-6,11,14H,7H2,(H,15,16)/b6-3+. The van der Waals surface area contributed by atoms with Crippen molar-refractivity contribution in [1.82, 2.24) is 0 Å². The Kier molecular flexibility index (Phi) is 4.93. The number of nitrogens with one attached hydrogen (secondary N) is 1. The molecule has 0 aliphatic rings. The van der Waals surface area contributed by atoms with E-state index in [1.807, 2.05) is 0 Å². The number of ether oxygens (including phenoxy) is 1. The third-order valence-electron chi connectivity index (χ3n) is 1.77. The number of aliphatic carboxylic acids is 1. The fourth-order valence-electron chi connectivity index (χ4n) is 1.14. The number of rotatable bonds is 6. The number of carbonyl (C=O) groups is 1. The van der Waals surface area contributed by atoms with E-state index >= 15 is 0 Å². The van der Waals surface area contributed by atoms with Gasteiger partial charge in [0.25, 0.3) is 0 Å².